The van der Waals surface area contributed by atoms with Gasteiger partial charge in [0.25, 0.3) is 5.69 Å². The van der Waals surface area contributed by atoms with Gasteiger partial charge in [-0.15, -0.1) is 0 Å². The summed E-state index contributed by atoms with van der Waals surface area (Å²) in [6, 6.07) is 2.58. The molecule has 0 saturated carbocycles. The fourth-order valence-electron chi connectivity index (χ4n) is 1.23. The predicted molar refractivity (Wildman–Crippen MR) is 60.4 cm³/mol. The summed E-state index contributed by atoms with van der Waals surface area (Å²) >= 11 is 3.84. The van der Waals surface area contributed by atoms with E-state index in [1.165, 1.54) is 19.1 Å². The van der Waals surface area contributed by atoms with Gasteiger partial charge in [-0.05, 0) is 13.0 Å². The van der Waals surface area contributed by atoms with Gasteiger partial charge >= 0.3 is 0 Å². The summed E-state index contributed by atoms with van der Waals surface area (Å²) in [6.45, 7) is 1.47. The zero-order valence-electron chi connectivity index (χ0n) is 8.57. The van der Waals surface area contributed by atoms with Crippen LogP contribution in [0.5, 0.6) is 0 Å². The van der Waals surface area contributed by atoms with Crippen molar-refractivity contribution >= 4 is 18.3 Å². The van der Waals surface area contributed by atoms with Crippen LogP contribution < -0.4 is 0 Å². The number of aliphatic hydroxyl groups is 2. The van der Waals surface area contributed by atoms with Crippen molar-refractivity contribution in [2.75, 3.05) is 5.75 Å². The zero-order valence-corrected chi connectivity index (χ0v) is 9.46. The van der Waals surface area contributed by atoms with Crippen LogP contribution >= 0.6 is 12.6 Å². The average Bonchev–Trinajstić information content (AvgIpc) is 2.26. The second-order valence-electron chi connectivity index (χ2n) is 3.29. The van der Waals surface area contributed by atoms with Crippen LogP contribution in [0.25, 0.3) is 0 Å². The molecule has 1 aromatic rings. The Bertz CT molecular complexity index is 399. The third-order valence-corrected chi connectivity index (χ3v) is 2.50. The van der Waals surface area contributed by atoms with Crippen molar-refractivity contribution in [3.8, 4) is 0 Å². The van der Waals surface area contributed by atoms with E-state index in [0.29, 0.717) is 0 Å². The Morgan fingerprint density at radius 3 is 2.62 bits per heavy atom. The number of pyridine rings is 1. The van der Waals surface area contributed by atoms with Gasteiger partial charge in [0.15, 0.2) is 0 Å². The molecular weight excluding hydrogens is 232 g/mol. The Balaban J connectivity index is 3.01. The number of aryl methyl sites for hydroxylation is 1. The lowest BCUT2D eigenvalue weighted by molar-refractivity contribution is -0.385. The molecule has 1 rings (SSSR count). The monoisotopic (exact) mass is 244 g/mol. The highest BCUT2D eigenvalue weighted by Gasteiger charge is 2.20. The molecule has 0 aliphatic heterocycles. The minimum absolute atomic E-state index is 0.0822. The second kappa shape index (κ2) is 5.24. The highest BCUT2D eigenvalue weighted by atomic mass is 32.1. The molecule has 0 amide bonds. The van der Waals surface area contributed by atoms with E-state index in [9.17, 15) is 20.3 Å². The number of aromatic nitrogens is 1. The molecule has 16 heavy (non-hydrogen) atoms. The van der Waals surface area contributed by atoms with E-state index in [1.54, 1.807) is 0 Å². The number of hydrogen-bond donors (Lipinski definition) is 3. The molecule has 7 heteroatoms. The molecule has 0 radical (unpaired) electrons. The number of nitro groups is 1. The first-order chi connectivity index (χ1) is 7.47. The maximum absolute atomic E-state index is 10.5. The molecule has 1 heterocycles. The number of aliphatic hydroxyl groups excluding tert-OH is 2. The summed E-state index contributed by atoms with van der Waals surface area (Å²) in [5.74, 6) is 0.0822. The summed E-state index contributed by atoms with van der Waals surface area (Å²) in [4.78, 5) is 13.9. The lowest BCUT2D eigenvalue weighted by Gasteiger charge is -2.15. The largest absolute Gasteiger partial charge is 0.389 e. The van der Waals surface area contributed by atoms with Crippen molar-refractivity contribution in [3.63, 3.8) is 0 Å². The molecule has 0 bridgehead atoms. The first-order valence-corrected chi connectivity index (χ1v) is 5.19. The molecular formula is C9H12N2O4S. The normalized spacial score (nSPS) is 14.5. The highest BCUT2D eigenvalue weighted by Crippen LogP contribution is 2.21. The van der Waals surface area contributed by atoms with Crippen LogP contribution in [0.3, 0.4) is 0 Å². The van der Waals surface area contributed by atoms with Gasteiger partial charge in [-0.2, -0.15) is 12.6 Å². The molecule has 0 fully saturated rings. The minimum Gasteiger partial charge on any atom is -0.389 e. The predicted octanol–water partition coefficient (Wildman–Crippen LogP) is 0.622. The van der Waals surface area contributed by atoms with Crippen LogP contribution in [0.1, 0.15) is 17.5 Å². The zero-order chi connectivity index (χ0) is 12.3. The number of rotatable bonds is 4. The first kappa shape index (κ1) is 12.9. The van der Waals surface area contributed by atoms with Gasteiger partial charge in [0.05, 0.1) is 16.7 Å². The summed E-state index contributed by atoms with van der Waals surface area (Å²) in [7, 11) is 0. The number of hydrogen-bond acceptors (Lipinski definition) is 6. The molecule has 2 unspecified atom stereocenters. The van der Waals surface area contributed by atoms with Crippen molar-refractivity contribution in [1.82, 2.24) is 4.98 Å². The van der Waals surface area contributed by atoms with E-state index < -0.39 is 17.1 Å². The molecule has 6 nitrogen and oxygen atoms in total. The van der Waals surface area contributed by atoms with Crippen LogP contribution in [0, 0.1) is 17.0 Å². The van der Waals surface area contributed by atoms with Crippen molar-refractivity contribution in [2.24, 2.45) is 0 Å². The van der Waals surface area contributed by atoms with Crippen LogP contribution in [0.15, 0.2) is 12.1 Å². The van der Waals surface area contributed by atoms with E-state index in [1.807, 2.05) is 0 Å². The third-order valence-electron chi connectivity index (χ3n) is 2.13. The van der Waals surface area contributed by atoms with E-state index in [-0.39, 0.29) is 22.8 Å². The molecule has 0 aliphatic rings. The summed E-state index contributed by atoms with van der Waals surface area (Å²) in [6.07, 6.45) is -2.23. The van der Waals surface area contributed by atoms with Crippen LogP contribution in [0.4, 0.5) is 5.69 Å². The highest BCUT2D eigenvalue weighted by molar-refractivity contribution is 7.80. The molecule has 2 atom stereocenters. The summed E-state index contributed by atoms with van der Waals surface area (Å²) in [5, 5.41) is 29.5. The van der Waals surface area contributed by atoms with Gasteiger partial charge in [-0.1, -0.05) is 0 Å². The SMILES string of the molecule is Cc1nc(C(O)C(O)CS)ccc1[N+](=O)[O-]. The maximum atomic E-state index is 10.5. The van der Waals surface area contributed by atoms with E-state index >= 15 is 0 Å². The Morgan fingerprint density at radius 1 is 1.56 bits per heavy atom. The van der Waals surface area contributed by atoms with Crippen molar-refractivity contribution in [1.29, 1.82) is 0 Å². The summed E-state index contributed by atoms with van der Waals surface area (Å²) in [5.41, 5.74) is 0.286. The Hall–Kier alpha value is -1.18. The number of thiol groups is 1. The second-order valence-corrected chi connectivity index (χ2v) is 3.66. The number of nitrogens with zero attached hydrogens (tertiary/aromatic N) is 2. The first-order valence-electron chi connectivity index (χ1n) is 4.56. The standard InChI is InChI=1S/C9H12N2O4S/c1-5-7(11(14)15)3-2-6(10-5)9(13)8(12)4-16/h2-3,8-9,12-13,16H,4H2,1H3. The fraction of sp³-hybridized carbons (Fsp3) is 0.444. The van der Waals surface area contributed by atoms with Crippen molar-refractivity contribution in [3.05, 3.63) is 33.6 Å². The van der Waals surface area contributed by atoms with Crippen LogP contribution in [-0.4, -0.2) is 32.0 Å². The third kappa shape index (κ3) is 2.69. The molecule has 0 saturated heterocycles. The van der Waals surface area contributed by atoms with Gasteiger partial charge in [-0.3, -0.25) is 10.1 Å². The van der Waals surface area contributed by atoms with Gasteiger partial charge in [0.2, 0.25) is 0 Å². The Morgan fingerprint density at radius 2 is 2.19 bits per heavy atom. The van der Waals surface area contributed by atoms with Gasteiger partial charge in [0.1, 0.15) is 11.8 Å². The van der Waals surface area contributed by atoms with Crippen LogP contribution in [-0.2, 0) is 0 Å². The van der Waals surface area contributed by atoms with Gasteiger partial charge in [0, 0.05) is 11.8 Å². The quantitative estimate of drug-likeness (QED) is 0.410. The minimum atomic E-state index is -1.18. The van der Waals surface area contributed by atoms with Gasteiger partial charge in [-0.25, -0.2) is 4.98 Å². The molecule has 0 aliphatic carbocycles. The average molecular weight is 244 g/mol. The fourth-order valence-corrected chi connectivity index (χ4v) is 1.43. The molecule has 88 valence electrons. The van der Waals surface area contributed by atoms with Crippen molar-refractivity contribution < 1.29 is 15.1 Å². The van der Waals surface area contributed by atoms with Crippen LogP contribution in [0.2, 0.25) is 0 Å². The van der Waals surface area contributed by atoms with Crippen molar-refractivity contribution in [2.45, 2.75) is 19.1 Å². The topological polar surface area (TPSA) is 96.5 Å². The molecule has 0 aromatic carbocycles. The molecule has 1 aromatic heterocycles. The summed E-state index contributed by atoms with van der Waals surface area (Å²) < 4.78 is 0. The smallest absolute Gasteiger partial charge is 0.290 e. The van der Waals surface area contributed by atoms with E-state index in [2.05, 4.69) is 17.6 Å². The Kier molecular flexibility index (Phi) is 4.22. The van der Waals surface area contributed by atoms with E-state index in [4.69, 9.17) is 0 Å². The Labute approximate surface area is 97.5 Å². The van der Waals surface area contributed by atoms with Gasteiger partial charge < -0.3 is 10.2 Å². The molecule has 0 spiro atoms. The lowest BCUT2D eigenvalue weighted by atomic mass is 10.1. The molecule has 2 N–H and O–H groups in total. The maximum Gasteiger partial charge on any atom is 0.290 e. The van der Waals surface area contributed by atoms with E-state index in [0.717, 1.165) is 0 Å². The lowest BCUT2D eigenvalue weighted by Crippen LogP contribution is -2.21.